The van der Waals surface area contributed by atoms with Crippen molar-refractivity contribution in [1.29, 1.82) is 0 Å². The molecule has 22 heavy (non-hydrogen) atoms. The summed E-state index contributed by atoms with van der Waals surface area (Å²) in [5, 5.41) is 13.3. The Hall–Kier alpha value is -1.82. The zero-order valence-corrected chi connectivity index (χ0v) is 13.5. The van der Waals surface area contributed by atoms with Crippen molar-refractivity contribution in [3.63, 3.8) is 0 Å². The van der Waals surface area contributed by atoms with Gasteiger partial charge in [-0.3, -0.25) is 0 Å². The van der Waals surface area contributed by atoms with Gasteiger partial charge in [0.1, 0.15) is 5.60 Å². The highest BCUT2D eigenvalue weighted by Crippen LogP contribution is 2.30. The third-order valence-corrected chi connectivity index (χ3v) is 4.94. The first-order valence-electron chi connectivity index (χ1n) is 7.93. The van der Waals surface area contributed by atoms with Crippen LogP contribution in [0.1, 0.15) is 25.8 Å². The number of hydrogen-bond donors (Lipinski definition) is 1. The van der Waals surface area contributed by atoms with E-state index in [9.17, 15) is 5.11 Å². The van der Waals surface area contributed by atoms with Crippen molar-refractivity contribution < 1.29 is 5.11 Å². The first kappa shape index (κ1) is 15.1. The van der Waals surface area contributed by atoms with Gasteiger partial charge in [0.05, 0.1) is 0 Å². The van der Waals surface area contributed by atoms with Gasteiger partial charge in [0.25, 0.3) is 0 Å². The van der Waals surface area contributed by atoms with Gasteiger partial charge in [-0.2, -0.15) is 0 Å². The van der Waals surface area contributed by atoms with Crippen LogP contribution in [0.2, 0.25) is 0 Å². The standard InChI is InChI=1S/C20H23NO/c1-15-14-21(3)16(2)13-20(15,22)12-11-18-9-6-8-17-7-4-5-10-19(17)18/h4-10,15-16,22H,13-14H2,1-3H3/t15-,16-,20-/m1/s1. The Morgan fingerprint density at radius 1 is 1.14 bits per heavy atom. The smallest absolute Gasteiger partial charge is 0.131 e. The number of piperidine rings is 1. The number of aliphatic hydroxyl groups is 1. The van der Waals surface area contributed by atoms with Gasteiger partial charge < -0.3 is 10.0 Å². The maximum absolute atomic E-state index is 11.0. The molecule has 2 aromatic rings. The molecule has 0 bridgehead atoms. The minimum atomic E-state index is -0.900. The Bertz CT molecular complexity index is 737. The van der Waals surface area contributed by atoms with E-state index in [1.54, 1.807) is 0 Å². The molecule has 2 aromatic carbocycles. The molecule has 1 saturated heterocycles. The van der Waals surface area contributed by atoms with Crippen molar-refractivity contribution in [3.8, 4) is 11.8 Å². The quantitative estimate of drug-likeness (QED) is 0.754. The summed E-state index contributed by atoms with van der Waals surface area (Å²) in [6.45, 7) is 5.11. The fourth-order valence-corrected chi connectivity index (χ4v) is 3.25. The molecule has 2 nitrogen and oxygen atoms in total. The second kappa shape index (κ2) is 5.76. The summed E-state index contributed by atoms with van der Waals surface area (Å²) < 4.78 is 0. The first-order chi connectivity index (χ1) is 10.5. The average molecular weight is 293 g/mol. The number of likely N-dealkylation sites (tertiary alicyclic amines) is 1. The van der Waals surface area contributed by atoms with E-state index in [0.717, 1.165) is 17.5 Å². The van der Waals surface area contributed by atoms with Crippen LogP contribution in [-0.4, -0.2) is 35.2 Å². The minimum Gasteiger partial charge on any atom is -0.377 e. The molecule has 0 aromatic heterocycles. The molecule has 1 fully saturated rings. The van der Waals surface area contributed by atoms with Crippen molar-refractivity contribution in [3.05, 3.63) is 48.0 Å². The number of nitrogens with zero attached hydrogens (tertiary/aromatic N) is 1. The van der Waals surface area contributed by atoms with Gasteiger partial charge in [0, 0.05) is 30.5 Å². The maximum atomic E-state index is 11.0. The summed E-state index contributed by atoms with van der Waals surface area (Å²) >= 11 is 0. The second-order valence-corrected chi connectivity index (χ2v) is 6.59. The van der Waals surface area contributed by atoms with Crippen molar-refractivity contribution in [1.82, 2.24) is 4.90 Å². The van der Waals surface area contributed by atoms with Gasteiger partial charge in [-0.1, -0.05) is 55.2 Å². The molecule has 3 atom stereocenters. The molecular formula is C20H23NO. The normalized spacial score (nSPS) is 29.1. The van der Waals surface area contributed by atoms with Crippen LogP contribution in [0, 0.1) is 17.8 Å². The average Bonchev–Trinajstić information content (AvgIpc) is 2.51. The van der Waals surface area contributed by atoms with E-state index in [1.165, 1.54) is 5.39 Å². The fraction of sp³-hybridized carbons (Fsp3) is 0.400. The highest BCUT2D eigenvalue weighted by molar-refractivity contribution is 5.88. The monoisotopic (exact) mass is 293 g/mol. The molecule has 0 aliphatic carbocycles. The lowest BCUT2D eigenvalue weighted by Gasteiger charge is -2.42. The summed E-state index contributed by atoms with van der Waals surface area (Å²) in [6.07, 6.45) is 0.697. The van der Waals surface area contributed by atoms with E-state index in [1.807, 2.05) is 24.3 Å². The lowest BCUT2D eigenvalue weighted by atomic mass is 9.79. The molecule has 0 amide bonds. The van der Waals surface area contributed by atoms with E-state index in [0.29, 0.717) is 12.5 Å². The summed E-state index contributed by atoms with van der Waals surface area (Å²) in [7, 11) is 2.11. The van der Waals surface area contributed by atoms with E-state index >= 15 is 0 Å². The minimum absolute atomic E-state index is 0.149. The Balaban J connectivity index is 1.97. The van der Waals surface area contributed by atoms with Gasteiger partial charge in [0.2, 0.25) is 0 Å². The van der Waals surface area contributed by atoms with Gasteiger partial charge >= 0.3 is 0 Å². The lowest BCUT2D eigenvalue weighted by Crippen LogP contribution is -2.52. The number of hydrogen-bond acceptors (Lipinski definition) is 2. The van der Waals surface area contributed by atoms with Crippen molar-refractivity contribution >= 4 is 10.8 Å². The number of benzene rings is 2. The molecule has 0 radical (unpaired) electrons. The molecule has 0 saturated carbocycles. The Labute approximate surface area is 132 Å². The Kier molecular flexibility index (Phi) is 3.95. The third kappa shape index (κ3) is 2.75. The topological polar surface area (TPSA) is 23.5 Å². The summed E-state index contributed by atoms with van der Waals surface area (Å²) in [5.74, 6) is 6.58. The van der Waals surface area contributed by atoms with Crippen LogP contribution in [0.15, 0.2) is 42.5 Å². The van der Waals surface area contributed by atoms with E-state index < -0.39 is 5.60 Å². The maximum Gasteiger partial charge on any atom is 0.131 e. The molecule has 1 heterocycles. The SMILES string of the molecule is C[C@@H]1C[C@](O)(C#Cc2cccc3ccccc23)[C@H](C)CN1C. The summed E-state index contributed by atoms with van der Waals surface area (Å²) in [5.41, 5.74) is 0.0911. The van der Waals surface area contributed by atoms with Crippen LogP contribution in [-0.2, 0) is 0 Å². The van der Waals surface area contributed by atoms with Crippen molar-refractivity contribution in [2.24, 2.45) is 5.92 Å². The fourth-order valence-electron chi connectivity index (χ4n) is 3.25. The highest BCUT2D eigenvalue weighted by Gasteiger charge is 2.39. The Morgan fingerprint density at radius 3 is 2.68 bits per heavy atom. The van der Waals surface area contributed by atoms with Gasteiger partial charge in [0.15, 0.2) is 0 Å². The van der Waals surface area contributed by atoms with E-state index in [-0.39, 0.29) is 5.92 Å². The van der Waals surface area contributed by atoms with Gasteiger partial charge in [-0.25, -0.2) is 0 Å². The predicted octanol–water partition coefficient (Wildman–Crippen LogP) is 3.28. The second-order valence-electron chi connectivity index (χ2n) is 6.59. The van der Waals surface area contributed by atoms with Crippen molar-refractivity contribution in [2.75, 3.05) is 13.6 Å². The van der Waals surface area contributed by atoms with Crippen LogP contribution in [0.4, 0.5) is 0 Å². The van der Waals surface area contributed by atoms with Gasteiger partial charge in [-0.05, 0) is 30.8 Å². The summed E-state index contributed by atoms with van der Waals surface area (Å²) in [6, 6.07) is 14.7. The molecular weight excluding hydrogens is 270 g/mol. The molecule has 1 aliphatic heterocycles. The zero-order chi connectivity index (χ0) is 15.7. The highest BCUT2D eigenvalue weighted by atomic mass is 16.3. The zero-order valence-electron chi connectivity index (χ0n) is 13.5. The Morgan fingerprint density at radius 2 is 1.86 bits per heavy atom. The largest absolute Gasteiger partial charge is 0.377 e. The number of rotatable bonds is 0. The molecule has 0 spiro atoms. The summed E-state index contributed by atoms with van der Waals surface area (Å²) in [4.78, 5) is 2.29. The molecule has 3 rings (SSSR count). The van der Waals surface area contributed by atoms with Crippen LogP contribution in [0.25, 0.3) is 10.8 Å². The van der Waals surface area contributed by atoms with Crippen molar-refractivity contribution in [2.45, 2.75) is 31.9 Å². The molecule has 2 heteroatoms. The molecule has 1 aliphatic rings. The van der Waals surface area contributed by atoms with Crippen LogP contribution >= 0.6 is 0 Å². The molecule has 114 valence electrons. The molecule has 1 N–H and O–H groups in total. The van der Waals surface area contributed by atoms with Gasteiger partial charge in [-0.15, -0.1) is 0 Å². The van der Waals surface area contributed by atoms with Crippen LogP contribution in [0.3, 0.4) is 0 Å². The van der Waals surface area contributed by atoms with Crippen LogP contribution in [0.5, 0.6) is 0 Å². The molecule has 0 unspecified atom stereocenters. The third-order valence-electron chi connectivity index (χ3n) is 4.94. The first-order valence-corrected chi connectivity index (χ1v) is 7.93. The number of fused-ring (bicyclic) bond motifs is 1. The van der Waals surface area contributed by atoms with E-state index in [4.69, 9.17) is 0 Å². The van der Waals surface area contributed by atoms with E-state index in [2.05, 4.69) is 55.8 Å². The van der Waals surface area contributed by atoms with Crippen LogP contribution < -0.4 is 0 Å². The lowest BCUT2D eigenvalue weighted by molar-refractivity contribution is -0.0346. The predicted molar refractivity (Wildman–Crippen MR) is 91.6 cm³/mol.